The molecule has 1 aromatic carbocycles. The van der Waals surface area contributed by atoms with E-state index in [9.17, 15) is 0 Å². The standard InChI is InChI=1S/C15H17ClN4/c1-20(2)12-5-3-4-11(8-12)17-14-9-13(16)18-15(19-14)10-6-7-10/h3-5,8-10H,6-7H2,1-2H3,(H,17,18,19). The van der Waals surface area contributed by atoms with Gasteiger partial charge in [0.15, 0.2) is 0 Å². The number of aromatic nitrogens is 2. The van der Waals surface area contributed by atoms with Gasteiger partial charge in [-0.3, -0.25) is 0 Å². The summed E-state index contributed by atoms with van der Waals surface area (Å²) in [6.45, 7) is 0. The summed E-state index contributed by atoms with van der Waals surface area (Å²) in [5, 5.41) is 3.79. The lowest BCUT2D eigenvalue weighted by atomic mass is 10.2. The van der Waals surface area contributed by atoms with Gasteiger partial charge < -0.3 is 10.2 Å². The molecule has 0 radical (unpaired) electrons. The molecule has 20 heavy (non-hydrogen) atoms. The first-order chi connectivity index (χ1) is 9.61. The van der Waals surface area contributed by atoms with E-state index in [1.807, 2.05) is 26.2 Å². The predicted molar refractivity (Wildman–Crippen MR) is 83.1 cm³/mol. The third kappa shape index (κ3) is 3.02. The summed E-state index contributed by atoms with van der Waals surface area (Å²) in [6, 6.07) is 9.93. The van der Waals surface area contributed by atoms with Crippen LogP contribution in [0.3, 0.4) is 0 Å². The minimum absolute atomic E-state index is 0.488. The quantitative estimate of drug-likeness (QED) is 0.869. The van der Waals surface area contributed by atoms with Gasteiger partial charge in [-0.25, -0.2) is 9.97 Å². The average molecular weight is 289 g/mol. The Morgan fingerprint density at radius 2 is 2.00 bits per heavy atom. The lowest BCUT2D eigenvalue weighted by molar-refractivity contribution is 0.931. The minimum atomic E-state index is 0.488. The van der Waals surface area contributed by atoms with Gasteiger partial charge in [0.25, 0.3) is 0 Å². The molecule has 2 aromatic rings. The Morgan fingerprint density at radius 3 is 2.70 bits per heavy atom. The van der Waals surface area contributed by atoms with Crippen molar-refractivity contribution in [3.05, 3.63) is 41.3 Å². The molecule has 1 fully saturated rings. The molecule has 1 aliphatic rings. The van der Waals surface area contributed by atoms with Crippen molar-refractivity contribution in [2.45, 2.75) is 18.8 Å². The van der Waals surface area contributed by atoms with Gasteiger partial charge in [0.2, 0.25) is 0 Å². The summed E-state index contributed by atoms with van der Waals surface area (Å²) in [5.74, 6) is 2.09. The average Bonchev–Trinajstić information content (AvgIpc) is 3.22. The molecule has 5 heteroatoms. The fourth-order valence-electron chi connectivity index (χ4n) is 2.03. The zero-order valence-electron chi connectivity index (χ0n) is 11.6. The molecule has 0 bridgehead atoms. The molecule has 4 nitrogen and oxygen atoms in total. The second-order valence-electron chi connectivity index (χ2n) is 5.28. The molecule has 104 valence electrons. The highest BCUT2D eigenvalue weighted by atomic mass is 35.5. The first kappa shape index (κ1) is 13.2. The lowest BCUT2D eigenvalue weighted by Crippen LogP contribution is -2.08. The second-order valence-corrected chi connectivity index (χ2v) is 5.67. The molecule has 0 unspecified atom stereocenters. The summed E-state index contributed by atoms with van der Waals surface area (Å²) >= 11 is 6.07. The molecular formula is C15H17ClN4. The summed E-state index contributed by atoms with van der Waals surface area (Å²) in [5.41, 5.74) is 2.13. The zero-order chi connectivity index (χ0) is 14.1. The van der Waals surface area contributed by atoms with Crippen LogP contribution >= 0.6 is 11.6 Å². The SMILES string of the molecule is CN(C)c1cccc(Nc2cc(Cl)nc(C3CC3)n2)c1. The number of nitrogens with one attached hydrogen (secondary N) is 1. The van der Waals surface area contributed by atoms with E-state index in [2.05, 4.69) is 32.3 Å². The molecule has 1 aliphatic carbocycles. The van der Waals surface area contributed by atoms with Gasteiger partial charge in [0.1, 0.15) is 16.8 Å². The van der Waals surface area contributed by atoms with Crippen molar-refractivity contribution in [1.29, 1.82) is 0 Å². The Morgan fingerprint density at radius 1 is 1.20 bits per heavy atom. The van der Waals surface area contributed by atoms with Crippen LogP contribution in [0, 0.1) is 0 Å². The third-order valence-corrected chi connectivity index (χ3v) is 3.48. The summed E-state index contributed by atoms with van der Waals surface area (Å²) < 4.78 is 0. The van der Waals surface area contributed by atoms with Crippen molar-refractivity contribution < 1.29 is 0 Å². The summed E-state index contributed by atoms with van der Waals surface area (Å²) in [4.78, 5) is 10.9. The molecule has 1 saturated carbocycles. The van der Waals surface area contributed by atoms with E-state index in [1.54, 1.807) is 6.07 Å². The monoisotopic (exact) mass is 288 g/mol. The summed E-state index contributed by atoms with van der Waals surface area (Å²) in [6.07, 6.45) is 2.33. The fourth-order valence-corrected chi connectivity index (χ4v) is 2.22. The van der Waals surface area contributed by atoms with Crippen LogP contribution in [0.15, 0.2) is 30.3 Å². The van der Waals surface area contributed by atoms with Crippen molar-refractivity contribution in [3.8, 4) is 0 Å². The highest BCUT2D eigenvalue weighted by Crippen LogP contribution is 2.39. The largest absolute Gasteiger partial charge is 0.378 e. The number of nitrogens with zero attached hydrogens (tertiary/aromatic N) is 3. The van der Waals surface area contributed by atoms with Crippen molar-refractivity contribution in [1.82, 2.24) is 9.97 Å². The number of rotatable bonds is 4. The molecule has 0 amide bonds. The number of hydrogen-bond acceptors (Lipinski definition) is 4. The predicted octanol–water partition coefficient (Wildman–Crippen LogP) is 3.82. The normalized spacial score (nSPS) is 14.2. The van der Waals surface area contributed by atoms with E-state index < -0.39 is 0 Å². The molecule has 1 heterocycles. The Bertz CT molecular complexity index is 623. The van der Waals surface area contributed by atoms with Gasteiger partial charge in [-0.1, -0.05) is 17.7 Å². The van der Waals surface area contributed by atoms with E-state index in [0.717, 1.165) is 35.9 Å². The highest BCUT2D eigenvalue weighted by molar-refractivity contribution is 6.29. The first-order valence-corrected chi connectivity index (χ1v) is 7.08. The Kier molecular flexibility index (Phi) is 3.49. The molecule has 1 N–H and O–H groups in total. The molecule has 0 aliphatic heterocycles. The van der Waals surface area contributed by atoms with E-state index in [4.69, 9.17) is 11.6 Å². The topological polar surface area (TPSA) is 41.0 Å². The van der Waals surface area contributed by atoms with Crippen LogP contribution in [-0.2, 0) is 0 Å². The van der Waals surface area contributed by atoms with Gasteiger partial charge >= 0.3 is 0 Å². The number of halogens is 1. The molecule has 3 rings (SSSR count). The molecule has 1 aromatic heterocycles. The van der Waals surface area contributed by atoms with Crippen molar-refractivity contribution in [2.24, 2.45) is 0 Å². The van der Waals surface area contributed by atoms with Crippen LogP contribution in [0.1, 0.15) is 24.6 Å². The fraction of sp³-hybridized carbons (Fsp3) is 0.333. The van der Waals surface area contributed by atoms with Crippen molar-refractivity contribution in [2.75, 3.05) is 24.3 Å². The Labute approximate surface area is 123 Å². The van der Waals surface area contributed by atoms with Crippen LogP contribution in [-0.4, -0.2) is 24.1 Å². The number of anilines is 3. The van der Waals surface area contributed by atoms with Crippen molar-refractivity contribution >= 4 is 28.8 Å². The van der Waals surface area contributed by atoms with Crippen LogP contribution in [0.5, 0.6) is 0 Å². The van der Waals surface area contributed by atoms with Crippen LogP contribution in [0.4, 0.5) is 17.2 Å². The van der Waals surface area contributed by atoms with Gasteiger partial charge in [-0.05, 0) is 31.0 Å². The van der Waals surface area contributed by atoms with E-state index in [0.29, 0.717) is 11.1 Å². The molecule has 0 saturated heterocycles. The van der Waals surface area contributed by atoms with Gasteiger partial charge in [-0.2, -0.15) is 0 Å². The maximum atomic E-state index is 6.07. The summed E-state index contributed by atoms with van der Waals surface area (Å²) in [7, 11) is 4.04. The smallest absolute Gasteiger partial charge is 0.135 e. The molecule has 0 atom stereocenters. The van der Waals surface area contributed by atoms with Crippen molar-refractivity contribution in [3.63, 3.8) is 0 Å². The molecular weight excluding hydrogens is 272 g/mol. The van der Waals surface area contributed by atoms with Crippen LogP contribution < -0.4 is 10.2 Å². The molecule has 0 spiro atoms. The second kappa shape index (κ2) is 5.29. The number of benzene rings is 1. The van der Waals surface area contributed by atoms with Gasteiger partial charge in [0, 0.05) is 37.5 Å². The van der Waals surface area contributed by atoms with E-state index >= 15 is 0 Å². The van der Waals surface area contributed by atoms with E-state index in [1.165, 1.54) is 0 Å². The zero-order valence-corrected chi connectivity index (χ0v) is 12.4. The third-order valence-electron chi connectivity index (χ3n) is 3.29. The van der Waals surface area contributed by atoms with Crippen LogP contribution in [0.25, 0.3) is 0 Å². The Balaban J connectivity index is 1.85. The lowest BCUT2D eigenvalue weighted by Gasteiger charge is -2.14. The number of hydrogen-bond donors (Lipinski definition) is 1. The maximum Gasteiger partial charge on any atom is 0.135 e. The first-order valence-electron chi connectivity index (χ1n) is 6.71. The van der Waals surface area contributed by atoms with E-state index in [-0.39, 0.29) is 0 Å². The highest BCUT2D eigenvalue weighted by Gasteiger charge is 2.27. The van der Waals surface area contributed by atoms with Gasteiger partial charge in [-0.15, -0.1) is 0 Å². The van der Waals surface area contributed by atoms with Gasteiger partial charge in [0.05, 0.1) is 0 Å². The van der Waals surface area contributed by atoms with Crippen LogP contribution in [0.2, 0.25) is 5.15 Å². The Hall–Kier alpha value is -1.81. The maximum absolute atomic E-state index is 6.07. The minimum Gasteiger partial charge on any atom is -0.378 e.